The molecule has 2 aromatic heterocycles. The molecule has 2 aliphatic carbocycles. The molecular formula is C24H32F3N5O3. The van der Waals surface area contributed by atoms with Gasteiger partial charge in [-0.3, -0.25) is 4.79 Å². The third-order valence-corrected chi connectivity index (χ3v) is 6.09. The zero-order chi connectivity index (χ0) is 25.6. The minimum absolute atomic E-state index is 0.0598. The molecule has 2 fully saturated rings. The lowest BCUT2D eigenvalue weighted by atomic mass is 10.1. The third-order valence-electron chi connectivity index (χ3n) is 6.09. The SMILES string of the molecule is CN(C)c1ncc(-c2cc(C(=O)NC3CCCCCC3)n(CC3CC3)c2)cn1.O=C(O)C(F)(F)F. The Morgan fingerprint density at radius 1 is 1.06 bits per heavy atom. The summed E-state index contributed by atoms with van der Waals surface area (Å²) in [4.78, 5) is 32.7. The van der Waals surface area contributed by atoms with Gasteiger partial charge in [0.1, 0.15) is 5.69 Å². The first-order valence-corrected chi connectivity index (χ1v) is 11.9. The number of hydrogen-bond acceptors (Lipinski definition) is 5. The summed E-state index contributed by atoms with van der Waals surface area (Å²) in [5, 5.41) is 10.4. The number of amides is 1. The molecule has 0 aliphatic heterocycles. The Labute approximate surface area is 202 Å². The van der Waals surface area contributed by atoms with E-state index < -0.39 is 12.1 Å². The average molecular weight is 496 g/mol. The van der Waals surface area contributed by atoms with Crippen molar-refractivity contribution in [3.63, 3.8) is 0 Å². The van der Waals surface area contributed by atoms with Crippen molar-refractivity contribution < 1.29 is 27.9 Å². The second-order valence-corrected chi connectivity index (χ2v) is 9.34. The van der Waals surface area contributed by atoms with Gasteiger partial charge in [0.2, 0.25) is 5.95 Å². The van der Waals surface area contributed by atoms with Gasteiger partial charge in [-0.05, 0) is 37.7 Å². The molecule has 2 aromatic rings. The van der Waals surface area contributed by atoms with Crippen LogP contribution >= 0.6 is 0 Å². The monoisotopic (exact) mass is 495 g/mol. The van der Waals surface area contributed by atoms with Gasteiger partial charge in [-0.1, -0.05) is 25.7 Å². The number of alkyl halides is 3. The second-order valence-electron chi connectivity index (χ2n) is 9.34. The number of nitrogens with one attached hydrogen (secondary N) is 1. The van der Waals surface area contributed by atoms with E-state index in [-0.39, 0.29) is 5.91 Å². The standard InChI is InChI=1S/C22H31N5O.C2HF3O2/c1-26(2)22-23-12-18(13-24-22)17-11-20(27(15-17)14-16-9-10-16)21(28)25-19-7-5-3-4-6-8-19;3-2(4,5)1(6)7/h11-13,15-16,19H,3-10,14H2,1-2H3,(H,25,28);(H,6,7). The highest BCUT2D eigenvalue weighted by molar-refractivity contribution is 5.94. The second kappa shape index (κ2) is 11.5. The molecule has 0 aromatic carbocycles. The molecule has 8 nitrogen and oxygen atoms in total. The Balaban J connectivity index is 0.000000429. The van der Waals surface area contributed by atoms with E-state index in [1.807, 2.05) is 37.5 Å². The van der Waals surface area contributed by atoms with Crippen LogP contribution in [0.4, 0.5) is 19.1 Å². The van der Waals surface area contributed by atoms with E-state index in [4.69, 9.17) is 9.90 Å². The maximum Gasteiger partial charge on any atom is 0.490 e. The quantitative estimate of drug-likeness (QED) is 0.572. The van der Waals surface area contributed by atoms with E-state index >= 15 is 0 Å². The number of rotatable bonds is 6. The number of carboxylic acids is 1. The predicted octanol–water partition coefficient (Wildman–Crippen LogP) is 4.51. The summed E-state index contributed by atoms with van der Waals surface area (Å²) < 4.78 is 33.9. The van der Waals surface area contributed by atoms with E-state index in [9.17, 15) is 18.0 Å². The Hall–Kier alpha value is -3.11. The molecule has 192 valence electrons. The van der Waals surface area contributed by atoms with Gasteiger partial charge in [-0.15, -0.1) is 0 Å². The number of carboxylic acid groups (broad SMARTS) is 1. The molecule has 0 saturated heterocycles. The maximum absolute atomic E-state index is 13.1. The van der Waals surface area contributed by atoms with Gasteiger partial charge in [0.15, 0.2) is 0 Å². The van der Waals surface area contributed by atoms with Crippen LogP contribution in [0.5, 0.6) is 0 Å². The largest absolute Gasteiger partial charge is 0.490 e. The van der Waals surface area contributed by atoms with Crippen LogP contribution < -0.4 is 10.2 Å². The Morgan fingerprint density at radius 2 is 1.63 bits per heavy atom. The predicted molar refractivity (Wildman–Crippen MR) is 125 cm³/mol. The Morgan fingerprint density at radius 3 is 2.11 bits per heavy atom. The summed E-state index contributed by atoms with van der Waals surface area (Å²) in [6.45, 7) is 0.921. The Bertz CT molecular complexity index is 993. The van der Waals surface area contributed by atoms with Gasteiger partial charge in [0.05, 0.1) is 0 Å². The van der Waals surface area contributed by atoms with Gasteiger partial charge in [-0.2, -0.15) is 13.2 Å². The van der Waals surface area contributed by atoms with Crippen molar-refractivity contribution in [3.8, 4) is 11.1 Å². The van der Waals surface area contributed by atoms with Crippen LogP contribution in [0, 0.1) is 5.92 Å². The maximum atomic E-state index is 13.1. The molecule has 0 unspecified atom stereocenters. The minimum Gasteiger partial charge on any atom is -0.475 e. The van der Waals surface area contributed by atoms with Crippen molar-refractivity contribution in [3.05, 3.63) is 30.4 Å². The van der Waals surface area contributed by atoms with Crippen LogP contribution in [0.15, 0.2) is 24.7 Å². The number of aromatic nitrogens is 3. The van der Waals surface area contributed by atoms with Crippen LogP contribution in [0.3, 0.4) is 0 Å². The molecule has 4 rings (SSSR count). The molecule has 1 amide bonds. The fourth-order valence-corrected chi connectivity index (χ4v) is 3.97. The summed E-state index contributed by atoms with van der Waals surface area (Å²) in [5.74, 6) is -1.30. The van der Waals surface area contributed by atoms with Crippen LogP contribution in [0.25, 0.3) is 11.1 Å². The topological polar surface area (TPSA) is 100 Å². The lowest BCUT2D eigenvalue weighted by molar-refractivity contribution is -0.192. The molecule has 2 N–H and O–H groups in total. The van der Waals surface area contributed by atoms with Gasteiger partial charge >= 0.3 is 12.1 Å². The number of nitrogens with zero attached hydrogens (tertiary/aromatic N) is 4. The van der Waals surface area contributed by atoms with Crippen LogP contribution in [-0.4, -0.2) is 57.8 Å². The van der Waals surface area contributed by atoms with Gasteiger partial charge in [0.25, 0.3) is 5.91 Å². The van der Waals surface area contributed by atoms with Crippen molar-refractivity contribution >= 4 is 17.8 Å². The third kappa shape index (κ3) is 7.97. The van der Waals surface area contributed by atoms with E-state index in [2.05, 4.69) is 26.0 Å². The number of anilines is 1. The summed E-state index contributed by atoms with van der Waals surface area (Å²) in [6, 6.07) is 2.31. The number of carbonyl (C=O) groups excluding carboxylic acids is 1. The van der Waals surface area contributed by atoms with Crippen molar-refractivity contribution in [1.29, 1.82) is 0 Å². The minimum atomic E-state index is -5.08. The summed E-state index contributed by atoms with van der Waals surface area (Å²) >= 11 is 0. The first kappa shape index (κ1) is 26.5. The number of aliphatic carboxylic acids is 1. The molecule has 0 radical (unpaired) electrons. The van der Waals surface area contributed by atoms with Crippen molar-refractivity contribution in [2.75, 3.05) is 19.0 Å². The normalized spacial score (nSPS) is 16.6. The molecule has 0 spiro atoms. The highest BCUT2D eigenvalue weighted by atomic mass is 19.4. The summed E-state index contributed by atoms with van der Waals surface area (Å²) in [6.07, 6.45) is 10.4. The first-order chi connectivity index (χ1) is 16.5. The molecule has 35 heavy (non-hydrogen) atoms. The lowest BCUT2D eigenvalue weighted by Gasteiger charge is -2.17. The first-order valence-electron chi connectivity index (χ1n) is 11.9. The molecule has 2 aliphatic rings. The lowest BCUT2D eigenvalue weighted by Crippen LogP contribution is -2.35. The van der Waals surface area contributed by atoms with Crippen LogP contribution in [-0.2, 0) is 11.3 Å². The fraction of sp³-hybridized carbons (Fsp3) is 0.583. The van der Waals surface area contributed by atoms with Crippen molar-refractivity contribution in [2.24, 2.45) is 5.92 Å². The van der Waals surface area contributed by atoms with E-state index in [0.29, 0.717) is 17.9 Å². The zero-order valence-electron chi connectivity index (χ0n) is 20.0. The van der Waals surface area contributed by atoms with E-state index in [0.717, 1.165) is 36.2 Å². The van der Waals surface area contributed by atoms with Gasteiger partial charge < -0.3 is 19.9 Å². The Kier molecular flexibility index (Phi) is 8.74. The summed E-state index contributed by atoms with van der Waals surface area (Å²) in [7, 11) is 3.86. The number of carbonyl (C=O) groups is 2. The van der Waals surface area contributed by atoms with E-state index in [1.54, 1.807) is 0 Å². The molecule has 11 heteroatoms. The van der Waals surface area contributed by atoms with Crippen LogP contribution in [0.1, 0.15) is 61.9 Å². The zero-order valence-corrected chi connectivity index (χ0v) is 20.0. The highest BCUT2D eigenvalue weighted by Crippen LogP contribution is 2.32. The summed E-state index contributed by atoms with van der Waals surface area (Å²) in [5.41, 5.74) is 2.73. The van der Waals surface area contributed by atoms with Crippen molar-refractivity contribution in [1.82, 2.24) is 19.9 Å². The molecule has 0 bridgehead atoms. The number of hydrogen-bond donors (Lipinski definition) is 2. The molecule has 0 atom stereocenters. The molecular weight excluding hydrogens is 463 g/mol. The average Bonchev–Trinajstić information content (AvgIpc) is 3.56. The fourth-order valence-electron chi connectivity index (χ4n) is 3.97. The molecule has 2 heterocycles. The van der Waals surface area contributed by atoms with Crippen LogP contribution in [0.2, 0.25) is 0 Å². The smallest absolute Gasteiger partial charge is 0.475 e. The van der Waals surface area contributed by atoms with Crippen molar-refractivity contribution in [2.45, 2.75) is 70.1 Å². The number of halogens is 3. The van der Waals surface area contributed by atoms with E-state index in [1.165, 1.54) is 38.5 Å². The van der Waals surface area contributed by atoms with Gasteiger partial charge in [0, 0.05) is 56.4 Å². The van der Waals surface area contributed by atoms with Gasteiger partial charge in [-0.25, -0.2) is 14.8 Å². The highest BCUT2D eigenvalue weighted by Gasteiger charge is 2.38. The molecule has 2 saturated carbocycles.